The second-order valence-electron chi connectivity index (χ2n) is 3.18. The first-order valence-electron chi connectivity index (χ1n) is 4.59. The van der Waals surface area contributed by atoms with Crippen LogP contribution in [0, 0.1) is 0 Å². The smallest absolute Gasteiger partial charge is 0.0941 e. The Morgan fingerprint density at radius 3 is 2.62 bits per heavy atom. The molecule has 0 saturated carbocycles. The van der Waals surface area contributed by atoms with Crippen LogP contribution in [-0.4, -0.2) is 16.1 Å². The van der Waals surface area contributed by atoms with Gasteiger partial charge in [-0.15, -0.1) is 0 Å². The Labute approximate surface area is 78.6 Å². The molecule has 0 amide bonds. The van der Waals surface area contributed by atoms with Gasteiger partial charge in [0.15, 0.2) is 0 Å². The van der Waals surface area contributed by atoms with Crippen LogP contribution in [0.1, 0.15) is 31.4 Å². The van der Waals surface area contributed by atoms with Crippen LogP contribution in [0.3, 0.4) is 0 Å². The molecule has 0 aliphatic heterocycles. The molecule has 3 N–H and O–H groups in total. The summed E-state index contributed by atoms with van der Waals surface area (Å²) in [7, 11) is 0. The first-order chi connectivity index (χ1) is 6.25. The normalized spacial score (nSPS) is 15.3. The highest BCUT2D eigenvalue weighted by molar-refractivity contribution is 5.14. The van der Waals surface area contributed by atoms with Gasteiger partial charge in [-0.2, -0.15) is 0 Å². The van der Waals surface area contributed by atoms with Crippen molar-refractivity contribution in [1.82, 2.24) is 4.98 Å². The zero-order chi connectivity index (χ0) is 9.68. The molecule has 1 rings (SSSR count). The third kappa shape index (κ3) is 2.79. The van der Waals surface area contributed by atoms with Gasteiger partial charge in [0.1, 0.15) is 0 Å². The van der Waals surface area contributed by atoms with Crippen molar-refractivity contribution in [2.45, 2.75) is 31.9 Å². The number of nitrogens with zero attached hydrogens (tertiary/aromatic N) is 1. The Morgan fingerprint density at radius 1 is 1.46 bits per heavy atom. The monoisotopic (exact) mass is 180 g/mol. The number of hydrogen-bond acceptors (Lipinski definition) is 3. The predicted molar refractivity (Wildman–Crippen MR) is 52.1 cm³/mol. The summed E-state index contributed by atoms with van der Waals surface area (Å²) in [5, 5.41) is 9.77. The van der Waals surface area contributed by atoms with Gasteiger partial charge in [0.25, 0.3) is 0 Å². The number of aromatic nitrogens is 1. The van der Waals surface area contributed by atoms with Gasteiger partial charge >= 0.3 is 0 Å². The average Bonchev–Trinajstić information content (AvgIpc) is 2.18. The van der Waals surface area contributed by atoms with Crippen LogP contribution >= 0.6 is 0 Å². The van der Waals surface area contributed by atoms with E-state index >= 15 is 0 Å². The van der Waals surface area contributed by atoms with E-state index in [0.717, 1.165) is 18.4 Å². The fourth-order valence-electron chi connectivity index (χ4n) is 1.30. The van der Waals surface area contributed by atoms with Gasteiger partial charge in [0.05, 0.1) is 6.10 Å². The van der Waals surface area contributed by atoms with Gasteiger partial charge in [0.2, 0.25) is 0 Å². The molecule has 0 saturated heterocycles. The number of nitrogens with two attached hydrogens (primary N) is 1. The molecular formula is C10H16N2O. The molecule has 3 nitrogen and oxygen atoms in total. The highest BCUT2D eigenvalue weighted by Crippen LogP contribution is 2.16. The molecule has 1 aromatic heterocycles. The van der Waals surface area contributed by atoms with Crippen molar-refractivity contribution in [2.24, 2.45) is 5.73 Å². The Kier molecular flexibility index (Phi) is 3.86. The van der Waals surface area contributed by atoms with Crippen molar-refractivity contribution in [3.8, 4) is 0 Å². The Hall–Kier alpha value is -0.930. The van der Waals surface area contributed by atoms with Crippen LogP contribution in [0.4, 0.5) is 0 Å². The molecule has 3 heteroatoms. The third-order valence-corrected chi connectivity index (χ3v) is 2.08. The maximum absolute atomic E-state index is 9.77. The molecule has 0 spiro atoms. The summed E-state index contributed by atoms with van der Waals surface area (Å²) in [6.07, 6.45) is 4.59. The van der Waals surface area contributed by atoms with E-state index in [-0.39, 0.29) is 6.04 Å². The van der Waals surface area contributed by atoms with Crippen molar-refractivity contribution in [1.29, 1.82) is 0 Å². The van der Waals surface area contributed by atoms with Crippen LogP contribution in [-0.2, 0) is 0 Å². The number of aliphatic hydroxyl groups excluding tert-OH is 1. The molecule has 0 fully saturated rings. The first-order valence-corrected chi connectivity index (χ1v) is 4.59. The predicted octanol–water partition coefficient (Wildman–Crippen LogP) is 1.24. The standard InChI is InChI=1S/C10H16N2O/c1-2-3-9(11)10(13)8-4-6-12-7-5-8/h4-7,9-10,13H,2-3,11H2,1H3. The number of pyridine rings is 1. The van der Waals surface area contributed by atoms with Crippen molar-refractivity contribution in [3.05, 3.63) is 30.1 Å². The van der Waals surface area contributed by atoms with Gasteiger partial charge in [-0.1, -0.05) is 13.3 Å². The summed E-state index contributed by atoms with van der Waals surface area (Å²) < 4.78 is 0. The van der Waals surface area contributed by atoms with Crippen molar-refractivity contribution < 1.29 is 5.11 Å². The quantitative estimate of drug-likeness (QED) is 0.733. The van der Waals surface area contributed by atoms with Crippen LogP contribution in [0.15, 0.2) is 24.5 Å². The van der Waals surface area contributed by atoms with E-state index in [1.165, 1.54) is 0 Å². The molecule has 0 aliphatic rings. The lowest BCUT2D eigenvalue weighted by atomic mass is 10.0. The molecule has 0 aromatic carbocycles. The van der Waals surface area contributed by atoms with Crippen LogP contribution in [0.25, 0.3) is 0 Å². The van der Waals surface area contributed by atoms with Gasteiger partial charge in [-0.05, 0) is 24.1 Å². The van der Waals surface area contributed by atoms with Gasteiger partial charge in [-0.3, -0.25) is 4.98 Å². The van der Waals surface area contributed by atoms with E-state index in [0.29, 0.717) is 0 Å². The second-order valence-corrected chi connectivity index (χ2v) is 3.18. The van der Waals surface area contributed by atoms with Crippen LogP contribution in [0.5, 0.6) is 0 Å². The maximum atomic E-state index is 9.77. The fourth-order valence-corrected chi connectivity index (χ4v) is 1.30. The van der Waals surface area contributed by atoms with E-state index < -0.39 is 6.10 Å². The van der Waals surface area contributed by atoms with E-state index in [1.54, 1.807) is 24.5 Å². The summed E-state index contributed by atoms with van der Waals surface area (Å²) in [5.74, 6) is 0. The van der Waals surface area contributed by atoms with Crippen molar-refractivity contribution in [2.75, 3.05) is 0 Å². The van der Waals surface area contributed by atoms with Crippen LogP contribution < -0.4 is 5.73 Å². The summed E-state index contributed by atoms with van der Waals surface area (Å²) in [6, 6.07) is 3.41. The second kappa shape index (κ2) is 4.94. The highest BCUT2D eigenvalue weighted by atomic mass is 16.3. The molecule has 0 radical (unpaired) electrons. The van der Waals surface area contributed by atoms with E-state index in [9.17, 15) is 5.11 Å². The minimum Gasteiger partial charge on any atom is -0.387 e. The SMILES string of the molecule is CCCC(N)C(O)c1ccncc1. The fraction of sp³-hybridized carbons (Fsp3) is 0.500. The largest absolute Gasteiger partial charge is 0.387 e. The summed E-state index contributed by atoms with van der Waals surface area (Å²) in [6.45, 7) is 2.05. The maximum Gasteiger partial charge on any atom is 0.0941 e. The lowest BCUT2D eigenvalue weighted by Crippen LogP contribution is -2.27. The zero-order valence-corrected chi connectivity index (χ0v) is 7.85. The summed E-state index contributed by atoms with van der Waals surface area (Å²) in [4.78, 5) is 3.88. The van der Waals surface area contributed by atoms with Crippen LogP contribution in [0.2, 0.25) is 0 Å². The average molecular weight is 180 g/mol. The Bertz CT molecular complexity index is 238. The molecule has 2 atom stereocenters. The molecule has 2 unspecified atom stereocenters. The van der Waals surface area contributed by atoms with Gasteiger partial charge in [-0.25, -0.2) is 0 Å². The number of aliphatic hydroxyl groups is 1. The molecule has 72 valence electrons. The minimum absolute atomic E-state index is 0.174. The highest BCUT2D eigenvalue weighted by Gasteiger charge is 2.15. The summed E-state index contributed by atoms with van der Waals surface area (Å²) >= 11 is 0. The Morgan fingerprint density at radius 2 is 2.08 bits per heavy atom. The first kappa shape index (κ1) is 10.2. The molecule has 0 aliphatic carbocycles. The lowest BCUT2D eigenvalue weighted by molar-refractivity contribution is 0.141. The number of rotatable bonds is 4. The summed E-state index contributed by atoms with van der Waals surface area (Å²) in [5.41, 5.74) is 6.63. The third-order valence-electron chi connectivity index (χ3n) is 2.08. The minimum atomic E-state index is -0.567. The van der Waals surface area contributed by atoms with E-state index in [2.05, 4.69) is 11.9 Å². The van der Waals surface area contributed by atoms with Crippen molar-refractivity contribution in [3.63, 3.8) is 0 Å². The van der Waals surface area contributed by atoms with E-state index in [1.807, 2.05) is 0 Å². The molecule has 0 bridgehead atoms. The Balaban J connectivity index is 2.62. The molecular weight excluding hydrogens is 164 g/mol. The van der Waals surface area contributed by atoms with Gasteiger partial charge < -0.3 is 10.8 Å². The van der Waals surface area contributed by atoms with Gasteiger partial charge in [0, 0.05) is 18.4 Å². The molecule has 1 aromatic rings. The number of hydrogen-bond donors (Lipinski definition) is 2. The van der Waals surface area contributed by atoms with E-state index in [4.69, 9.17) is 5.73 Å². The zero-order valence-electron chi connectivity index (χ0n) is 7.85. The molecule has 1 heterocycles. The lowest BCUT2D eigenvalue weighted by Gasteiger charge is -2.17. The van der Waals surface area contributed by atoms with Crippen molar-refractivity contribution >= 4 is 0 Å². The molecule has 13 heavy (non-hydrogen) atoms. The topological polar surface area (TPSA) is 59.1 Å².